The van der Waals surface area contributed by atoms with E-state index in [1.165, 1.54) is 14.0 Å². The van der Waals surface area contributed by atoms with Gasteiger partial charge in [-0.15, -0.1) is 0 Å². The van der Waals surface area contributed by atoms with Gasteiger partial charge in [0.1, 0.15) is 11.7 Å². The average Bonchev–Trinajstić information content (AvgIpc) is 2.24. The van der Waals surface area contributed by atoms with Gasteiger partial charge in [0, 0.05) is 0 Å². The van der Waals surface area contributed by atoms with Gasteiger partial charge in [-0.3, -0.25) is 9.59 Å². The third-order valence-electron chi connectivity index (χ3n) is 2.50. The molecular formula is C13H16O3. The summed E-state index contributed by atoms with van der Waals surface area (Å²) in [6.07, 6.45) is 0.406. The minimum Gasteiger partial charge on any atom is -0.468 e. The van der Waals surface area contributed by atoms with Crippen molar-refractivity contribution in [2.75, 3.05) is 7.11 Å². The van der Waals surface area contributed by atoms with E-state index < -0.39 is 11.9 Å². The molecule has 3 nitrogen and oxygen atoms in total. The Bertz CT molecular complexity index is 396. The lowest BCUT2D eigenvalue weighted by molar-refractivity contribution is -0.148. The Morgan fingerprint density at radius 2 is 2.06 bits per heavy atom. The first kappa shape index (κ1) is 12.4. The third kappa shape index (κ3) is 3.19. The number of rotatable bonds is 4. The van der Waals surface area contributed by atoms with Crippen LogP contribution in [0.1, 0.15) is 18.1 Å². The Hall–Kier alpha value is -1.64. The van der Waals surface area contributed by atoms with Crippen molar-refractivity contribution in [2.45, 2.75) is 20.3 Å². The van der Waals surface area contributed by atoms with Crippen LogP contribution < -0.4 is 0 Å². The van der Waals surface area contributed by atoms with Gasteiger partial charge in [0.15, 0.2) is 0 Å². The molecule has 1 aromatic carbocycles. The highest BCUT2D eigenvalue weighted by Gasteiger charge is 2.24. The van der Waals surface area contributed by atoms with Crippen LogP contribution in [0.25, 0.3) is 0 Å². The fraction of sp³-hybridized carbons (Fsp3) is 0.385. The van der Waals surface area contributed by atoms with Gasteiger partial charge >= 0.3 is 5.97 Å². The number of hydrogen-bond acceptors (Lipinski definition) is 3. The molecule has 0 amide bonds. The monoisotopic (exact) mass is 220 g/mol. The fourth-order valence-electron chi connectivity index (χ4n) is 1.61. The number of carbonyl (C=O) groups is 2. The Morgan fingerprint density at radius 1 is 1.38 bits per heavy atom. The average molecular weight is 220 g/mol. The van der Waals surface area contributed by atoms with E-state index in [1.807, 2.05) is 31.2 Å². The Balaban J connectivity index is 2.84. The van der Waals surface area contributed by atoms with Gasteiger partial charge in [-0.25, -0.2) is 0 Å². The number of Topliss-reactive ketones (excluding diaryl/α,β-unsaturated/α-hetero) is 1. The van der Waals surface area contributed by atoms with Gasteiger partial charge in [0.25, 0.3) is 0 Å². The van der Waals surface area contributed by atoms with Crippen molar-refractivity contribution in [3.8, 4) is 0 Å². The van der Waals surface area contributed by atoms with Gasteiger partial charge in [0.05, 0.1) is 7.11 Å². The number of aryl methyl sites for hydroxylation is 1. The molecule has 0 N–H and O–H groups in total. The number of esters is 1. The van der Waals surface area contributed by atoms with E-state index in [1.54, 1.807) is 0 Å². The number of ether oxygens (including phenoxy) is 1. The molecule has 0 bridgehead atoms. The molecule has 0 spiro atoms. The van der Waals surface area contributed by atoms with Gasteiger partial charge in [-0.1, -0.05) is 29.8 Å². The molecule has 0 saturated heterocycles. The zero-order valence-corrected chi connectivity index (χ0v) is 9.82. The van der Waals surface area contributed by atoms with E-state index in [0.717, 1.165) is 11.1 Å². The highest BCUT2D eigenvalue weighted by molar-refractivity contribution is 5.97. The zero-order valence-electron chi connectivity index (χ0n) is 9.82. The van der Waals surface area contributed by atoms with Gasteiger partial charge in [-0.2, -0.15) is 0 Å². The summed E-state index contributed by atoms with van der Waals surface area (Å²) in [6, 6.07) is 7.77. The molecule has 16 heavy (non-hydrogen) atoms. The molecule has 0 radical (unpaired) electrons. The van der Waals surface area contributed by atoms with Crippen LogP contribution in [0.15, 0.2) is 24.3 Å². The summed E-state index contributed by atoms with van der Waals surface area (Å²) in [4.78, 5) is 22.7. The summed E-state index contributed by atoms with van der Waals surface area (Å²) < 4.78 is 4.62. The van der Waals surface area contributed by atoms with Crippen LogP contribution >= 0.6 is 0 Å². The minimum absolute atomic E-state index is 0.159. The summed E-state index contributed by atoms with van der Waals surface area (Å²) in [5.41, 5.74) is 2.09. The summed E-state index contributed by atoms with van der Waals surface area (Å²) in [7, 11) is 1.30. The quantitative estimate of drug-likeness (QED) is 0.575. The van der Waals surface area contributed by atoms with Crippen molar-refractivity contribution in [1.29, 1.82) is 0 Å². The molecule has 0 aromatic heterocycles. The van der Waals surface area contributed by atoms with E-state index in [0.29, 0.717) is 6.42 Å². The molecule has 0 fully saturated rings. The standard InChI is InChI=1S/C13H16O3/c1-9-5-4-6-11(7-9)8-12(10(2)14)13(15)16-3/h4-7,12H,8H2,1-3H3. The van der Waals surface area contributed by atoms with Crippen LogP contribution in [0, 0.1) is 12.8 Å². The zero-order chi connectivity index (χ0) is 12.1. The number of benzene rings is 1. The number of methoxy groups -OCH3 is 1. The number of carbonyl (C=O) groups excluding carboxylic acids is 2. The SMILES string of the molecule is COC(=O)C(Cc1cccc(C)c1)C(C)=O. The molecule has 0 aliphatic rings. The van der Waals surface area contributed by atoms with Crippen molar-refractivity contribution >= 4 is 11.8 Å². The molecule has 0 heterocycles. The smallest absolute Gasteiger partial charge is 0.316 e. The summed E-state index contributed by atoms with van der Waals surface area (Å²) in [5, 5.41) is 0. The van der Waals surface area contributed by atoms with Crippen molar-refractivity contribution < 1.29 is 14.3 Å². The van der Waals surface area contributed by atoms with Gasteiger partial charge < -0.3 is 4.74 Å². The normalized spacial score (nSPS) is 11.9. The second kappa shape index (κ2) is 5.45. The van der Waals surface area contributed by atoms with E-state index in [4.69, 9.17) is 0 Å². The first-order valence-corrected chi connectivity index (χ1v) is 5.18. The van der Waals surface area contributed by atoms with Gasteiger partial charge in [0.2, 0.25) is 0 Å². The lowest BCUT2D eigenvalue weighted by atomic mass is 9.95. The largest absolute Gasteiger partial charge is 0.468 e. The summed E-state index contributed by atoms with van der Waals surface area (Å²) >= 11 is 0. The fourth-order valence-corrected chi connectivity index (χ4v) is 1.61. The van der Waals surface area contributed by atoms with E-state index >= 15 is 0 Å². The van der Waals surface area contributed by atoms with E-state index in [-0.39, 0.29) is 5.78 Å². The topological polar surface area (TPSA) is 43.4 Å². The lowest BCUT2D eigenvalue weighted by Gasteiger charge is -2.11. The number of ketones is 1. The molecule has 0 aliphatic heterocycles. The Labute approximate surface area is 95.4 Å². The second-order valence-electron chi connectivity index (χ2n) is 3.88. The molecule has 1 unspecified atom stereocenters. The molecule has 1 aromatic rings. The predicted octanol–water partition coefficient (Wildman–Crippen LogP) is 1.92. The van der Waals surface area contributed by atoms with E-state index in [9.17, 15) is 9.59 Å². The Kier molecular flexibility index (Phi) is 4.23. The highest BCUT2D eigenvalue weighted by atomic mass is 16.5. The van der Waals surface area contributed by atoms with Crippen molar-refractivity contribution in [3.05, 3.63) is 35.4 Å². The van der Waals surface area contributed by atoms with E-state index in [2.05, 4.69) is 4.74 Å². The lowest BCUT2D eigenvalue weighted by Crippen LogP contribution is -2.25. The van der Waals surface area contributed by atoms with Crippen molar-refractivity contribution in [1.82, 2.24) is 0 Å². The first-order chi connectivity index (χ1) is 7.54. The maximum absolute atomic E-state index is 11.4. The molecule has 1 rings (SSSR count). The maximum atomic E-state index is 11.4. The van der Waals surface area contributed by atoms with Crippen LogP contribution in [0.4, 0.5) is 0 Å². The van der Waals surface area contributed by atoms with Crippen molar-refractivity contribution in [2.24, 2.45) is 5.92 Å². The van der Waals surface area contributed by atoms with Crippen LogP contribution in [0.5, 0.6) is 0 Å². The molecule has 1 atom stereocenters. The molecule has 0 saturated carbocycles. The van der Waals surface area contributed by atoms with Crippen LogP contribution in [-0.4, -0.2) is 18.9 Å². The maximum Gasteiger partial charge on any atom is 0.316 e. The van der Waals surface area contributed by atoms with Crippen LogP contribution in [0.2, 0.25) is 0 Å². The highest BCUT2D eigenvalue weighted by Crippen LogP contribution is 2.13. The van der Waals surface area contributed by atoms with Gasteiger partial charge in [-0.05, 0) is 25.8 Å². The van der Waals surface area contributed by atoms with Crippen LogP contribution in [0.3, 0.4) is 0 Å². The molecular weight excluding hydrogens is 204 g/mol. The summed E-state index contributed by atoms with van der Waals surface area (Å²) in [5.74, 6) is -1.31. The minimum atomic E-state index is -0.688. The predicted molar refractivity (Wildman–Crippen MR) is 61.1 cm³/mol. The summed E-state index contributed by atoms with van der Waals surface area (Å²) in [6.45, 7) is 3.39. The van der Waals surface area contributed by atoms with Crippen molar-refractivity contribution in [3.63, 3.8) is 0 Å². The third-order valence-corrected chi connectivity index (χ3v) is 2.50. The number of hydrogen-bond donors (Lipinski definition) is 0. The molecule has 86 valence electrons. The molecule has 3 heteroatoms. The second-order valence-corrected chi connectivity index (χ2v) is 3.88. The van der Waals surface area contributed by atoms with Crippen LogP contribution in [-0.2, 0) is 20.7 Å². The molecule has 0 aliphatic carbocycles. The Morgan fingerprint density at radius 3 is 2.56 bits per heavy atom. The first-order valence-electron chi connectivity index (χ1n) is 5.18.